The monoisotopic (exact) mass is 285 g/mol. The first-order valence-corrected chi connectivity index (χ1v) is 6.18. The van der Waals surface area contributed by atoms with Gasteiger partial charge in [-0.05, 0) is 30.7 Å². The molecule has 0 fully saturated rings. The first-order chi connectivity index (χ1) is 9.41. The molecule has 1 atom stereocenters. The van der Waals surface area contributed by atoms with Crippen LogP contribution in [0.5, 0.6) is 0 Å². The third-order valence-corrected chi connectivity index (χ3v) is 2.83. The highest BCUT2D eigenvalue weighted by atomic mass is 19.4. The van der Waals surface area contributed by atoms with E-state index in [1.807, 2.05) is 6.92 Å². The van der Waals surface area contributed by atoms with Gasteiger partial charge in [0.05, 0.1) is 11.6 Å². The van der Waals surface area contributed by atoms with Gasteiger partial charge in [0.15, 0.2) is 5.82 Å². The predicted octanol–water partition coefficient (Wildman–Crippen LogP) is 3.56. The summed E-state index contributed by atoms with van der Waals surface area (Å²) in [6.07, 6.45) is -2.76. The second-order valence-electron chi connectivity index (χ2n) is 4.43. The van der Waals surface area contributed by atoms with Gasteiger partial charge < -0.3 is 10.3 Å². The second-order valence-corrected chi connectivity index (χ2v) is 4.43. The Hall–Kier alpha value is -1.89. The molecule has 0 spiro atoms. The third kappa shape index (κ3) is 3.16. The van der Waals surface area contributed by atoms with Crippen molar-refractivity contribution in [3.8, 4) is 11.5 Å². The third-order valence-electron chi connectivity index (χ3n) is 2.83. The minimum atomic E-state index is -4.36. The number of nitrogens with zero attached hydrogens (tertiary/aromatic N) is 2. The fourth-order valence-electron chi connectivity index (χ4n) is 1.74. The summed E-state index contributed by atoms with van der Waals surface area (Å²) >= 11 is 0. The van der Waals surface area contributed by atoms with Crippen LogP contribution in [0.3, 0.4) is 0 Å². The highest BCUT2D eigenvalue weighted by molar-refractivity contribution is 5.53. The summed E-state index contributed by atoms with van der Waals surface area (Å²) in [6.45, 7) is 1.98. The summed E-state index contributed by atoms with van der Waals surface area (Å²) in [5, 5.41) is 3.75. The summed E-state index contributed by atoms with van der Waals surface area (Å²) < 4.78 is 42.4. The first kappa shape index (κ1) is 14.5. The smallest absolute Gasteiger partial charge is 0.334 e. The van der Waals surface area contributed by atoms with E-state index >= 15 is 0 Å². The Bertz CT molecular complexity index is 563. The topological polar surface area (TPSA) is 64.9 Å². The molecule has 0 radical (unpaired) electrons. The van der Waals surface area contributed by atoms with Gasteiger partial charge in [0.2, 0.25) is 0 Å². The lowest BCUT2D eigenvalue weighted by molar-refractivity contribution is -0.137. The van der Waals surface area contributed by atoms with Crippen LogP contribution < -0.4 is 5.73 Å². The maximum atomic E-state index is 12.4. The van der Waals surface area contributed by atoms with Crippen LogP contribution in [0.15, 0.2) is 28.8 Å². The molecule has 1 unspecified atom stereocenters. The molecule has 0 aliphatic rings. The Kier molecular flexibility index (Phi) is 4.08. The normalized spacial score (nSPS) is 13.4. The summed E-state index contributed by atoms with van der Waals surface area (Å²) in [5.74, 6) is 0.530. The van der Waals surface area contributed by atoms with E-state index in [4.69, 9.17) is 10.3 Å². The Morgan fingerprint density at radius 1 is 1.25 bits per heavy atom. The number of nitrogens with two attached hydrogens (primary N) is 1. The molecule has 7 heteroatoms. The van der Waals surface area contributed by atoms with Gasteiger partial charge in [-0.25, -0.2) is 0 Å². The lowest BCUT2D eigenvalue weighted by Gasteiger charge is -2.05. The molecule has 1 aromatic carbocycles. The van der Waals surface area contributed by atoms with Crippen LogP contribution in [0.2, 0.25) is 0 Å². The number of halogens is 3. The molecule has 2 N–H and O–H groups in total. The minimum Gasteiger partial charge on any atom is -0.334 e. The molecular formula is C13H14F3N3O. The van der Waals surface area contributed by atoms with E-state index in [0.717, 1.165) is 18.6 Å². The molecule has 1 aromatic heterocycles. The van der Waals surface area contributed by atoms with Gasteiger partial charge >= 0.3 is 6.18 Å². The van der Waals surface area contributed by atoms with Crippen molar-refractivity contribution >= 4 is 0 Å². The highest BCUT2D eigenvalue weighted by Crippen LogP contribution is 2.30. The van der Waals surface area contributed by atoms with Crippen molar-refractivity contribution in [1.82, 2.24) is 10.1 Å². The summed E-state index contributed by atoms with van der Waals surface area (Å²) in [7, 11) is 0. The molecule has 20 heavy (non-hydrogen) atoms. The SMILES string of the molecule is CCCC(N)c1noc(-c2ccc(C(F)(F)F)cc2)n1. The molecule has 0 saturated heterocycles. The van der Waals surface area contributed by atoms with Crippen LogP contribution in [0.25, 0.3) is 11.5 Å². The van der Waals surface area contributed by atoms with Gasteiger partial charge in [-0.2, -0.15) is 18.2 Å². The highest BCUT2D eigenvalue weighted by Gasteiger charge is 2.30. The summed E-state index contributed by atoms with van der Waals surface area (Å²) in [6, 6.07) is 4.22. The molecule has 2 aromatic rings. The zero-order valence-corrected chi connectivity index (χ0v) is 10.8. The molecule has 0 amide bonds. The number of hydrogen-bond donors (Lipinski definition) is 1. The van der Waals surface area contributed by atoms with E-state index in [-0.39, 0.29) is 11.9 Å². The number of aromatic nitrogens is 2. The van der Waals surface area contributed by atoms with Crippen molar-refractivity contribution in [2.45, 2.75) is 32.0 Å². The van der Waals surface area contributed by atoms with Crippen LogP contribution >= 0.6 is 0 Å². The summed E-state index contributed by atoms with van der Waals surface area (Å²) in [5.41, 5.74) is 5.56. The van der Waals surface area contributed by atoms with Crippen molar-refractivity contribution in [2.24, 2.45) is 5.73 Å². The van der Waals surface area contributed by atoms with Crippen molar-refractivity contribution < 1.29 is 17.7 Å². The van der Waals surface area contributed by atoms with Gasteiger partial charge in [-0.3, -0.25) is 0 Å². The lowest BCUT2D eigenvalue weighted by atomic mass is 10.1. The van der Waals surface area contributed by atoms with Crippen molar-refractivity contribution in [1.29, 1.82) is 0 Å². The molecule has 0 saturated carbocycles. The Labute approximate surface area is 113 Å². The molecule has 0 aliphatic heterocycles. The predicted molar refractivity (Wildman–Crippen MR) is 66.6 cm³/mol. The van der Waals surface area contributed by atoms with Crippen LogP contribution in [0, 0.1) is 0 Å². The van der Waals surface area contributed by atoms with Crippen LogP contribution in [0.1, 0.15) is 37.2 Å². The van der Waals surface area contributed by atoms with Crippen LogP contribution in [0.4, 0.5) is 13.2 Å². The fraction of sp³-hybridized carbons (Fsp3) is 0.385. The number of benzene rings is 1. The van der Waals surface area contributed by atoms with E-state index in [2.05, 4.69) is 10.1 Å². The average Bonchev–Trinajstić information content (AvgIpc) is 2.88. The van der Waals surface area contributed by atoms with Crippen molar-refractivity contribution in [3.63, 3.8) is 0 Å². The molecule has 2 rings (SSSR count). The van der Waals surface area contributed by atoms with Gasteiger partial charge in [0, 0.05) is 5.56 Å². The fourth-order valence-corrected chi connectivity index (χ4v) is 1.74. The Morgan fingerprint density at radius 3 is 2.45 bits per heavy atom. The number of alkyl halides is 3. The average molecular weight is 285 g/mol. The number of hydrogen-bond acceptors (Lipinski definition) is 4. The maximum Gasteiger partial charge on any atom is 0.416 e. The second kappa shape index (κ2) is 5.62. The van der Waals surface area contributed by atoms with Crippen molar-refractivity contribution in [3.05, 3.63) is 35.7 Å². The molecule has 108 valence electrons. The van der Waals surface area contributed by atoms with Gasteiger partial charge in [0.1, 0.15) is 0 Å². The quantitative estimate of drug-likeness (QED) is 0.932. The van der Waals surface area contributed by atoms with Gasteiger partial charge in [0.25, 0.3) is 5.89 Å². The largest absolute Gasteiger partial charge is 0.416 e. The first-order valence-electron chi connectivity index (χ1n) is 6.18. The van der Waals surface area contributed by atoms with E-state index in [9.17, 15) is 13.2 Å². The standard InChI is InChI=1S/C13H14F3N3O/c1-2-3-10(17)11-18-12(20-19-11)8-4-6-9(7-5-8)13(14,15)16/h4-7,10H,2-3,17H2,1H3. The van der Waals surface area contributed by atoms with Crippen LogP contribution in [-0.4, -0.2) is 10.1 Å². The number of rotatable bonds is 4. The zero-order chi connectivity index (χ0) is 14.8. The van der Waals surface area contributed by atoms with E-state index < -0.39 is 11.7 Å². The Balaban J connectivity index is 2.20. The Morgan fingerprint density at radius 2 is 1.90 bits per heavy atom. The molecule has 4 nitrogen and oxygen atoms in total. The lowest BCUT2D eigenvalue weighted by Crippen LogP contribution is -2.11. The minimum absolute atomic E-state index is 0.167. The van der Waals surface area contributed by atoms with Gasteiger partial charge in [-0.1, -0.05) is 18.5 Å². The van der Waals surface area contributed by atoms with E-state index in [1.54, 1.807) is 0 Å². The van der Waals surface area contributed by atoms with E-state index in [0.29, 0.717) is 17.8 Å². The molecule has 0 bridgehead atoms. The zero-order valence-electron chi connectivity index (χ0n) is 10.8. The van der Waals surface area contributed by atoms with Crippen LogP contribution in [-0.2, 0) is 6.18 Å². The van der Waals surface area contributed by atoms with Gasteiger partial charge in [-0.15, -0.1) is 0 Å². The summed E-state index contributed by atoms with van der Waals surface area (Å²) in [4.78, 5) is 4.11. The maximum absolute atomic E-state index is 12.4. The molecule has 0 aliphatic carbocycles. The van der Waals surface area contributed by atoms with Crippen molar-refractivity contribution in [2.75, 3.05) is 0 Å². The molecule has 1 heterocycles. The van der Waals surface area contributed by atoms with E-state index in [1.165, 1.54) is 12.1 Å². The molecular weight excluding hydrogens is 271 g/mol.